The van der Waals surface area contributed by atoms with Crippen LogP contribution in [-0.2, 0) is 13.1 Å². The highest BCUT2D eigenvalue weighted by Gasteiger charge is 2.30. The van der Waals surface area contributed by atoms with Crippen molar-refractivity contribution in [3.8, 4) is 17.2 Å². The maximum Gasteiger partial charge on any atom is 0.573 e. The molecular weight excluding hydrogens is 321 g/mol. The number of hydrogen-bond acceptors (Lipinski definition) is 4. The van der Waals surface area contributed by atoms with Crippen molar-refractivity contribution < 1.29 is 22.6 Å². The van der Waals surface area contributed by atoms with E-state index in [1.807, 2.05) is 31.1 Å². The number of alkyl halides is 3. The highest BCUT2D eigenvalue weighted by molar-refractivity contribution is 5.41. The summed E-state index contributed by atoms with van der Waals surface area (Å²) in [5, 5.41) is 0. The molecule has 0 amide bonds. The van der Waals surface area contributed by atoms with E-state index in [2.05, 4.69) is 4.74 Å². The number of rotatable bonds is 6. The number of nitrogens with two attached hydrogens (primary N) is 1. The Balaban J connectivity index is 2.18. The standard InChI is InChI=1S/C17H19F3N2O2/c1-22(2)11-13-9-12(10-21)3-8-16(13)23-14-4-6-15(7-5-14)24-17(18,19)20/h3-9H,10-11,21H2,1-2H3. The van der Waals surface area contributed by atoms with Crippen molar-refractivity contribution in [1.82, 2.24) is 4.90 Å². The summed E-state index contributed by atoms with van der Waals surface area (Å²) in [6, 6.07) is 10.9. The van der Waals surface area contributed by atoms with Crippen LogP contribution in [0, 0.1) is 0 Å². The molecule has 2 N–H and O–H groups in total. The Morgan fingerprint density at radius 1 is 1.00 bits per heavy atom. The van der Waals surface area contributed by atoms with Gasteiger partial charge in [-0.1, -0.05) is 6.07 Å². The zero-order valence-corrected chi connectivity index (χ0v) is 13.4. The van der Waals surface area contributed by atoms with Crippen molar-refractivity contribution in [2.75, 3.05) is 14.1 Å². The lowest BCUT2D eigenvalue weighted by atomic mass is 10.1. The predicted molar refractivity (Wildman–Crippen MR) is 84.9 cm³/mol. The third-order valence-corrected chi connectivity index (χ3v) is 3.13. The van der Waals surface area contributed by atoms with Gasteiger partial charge in [-0.05, 0) is 56.1 Å². The smallest absolute Gasteiger partial charge is 0.457 e. The predicted octanol–water partition coefficient (Wildman–Crippen LogP) is 3.90. The maximum atomic E-state index is 12.2. The summed E-state index contributed by atoms with van der Waals surface area (Å²) < 4.78 is 46.1. The minimum absolute atomic E-state index is 0.290. The minimum atomic E-state index is -4.71. The molecule has 0 spiro atoms. The normalized spacial score (nSPS) is 11.6. The molecule has 0 saturated heterocycles. The molecule has 0 radical (unpaired) electrons. The zero-order chi connectivity index (χ0) is 17.7. The Morgan fingerprint density at radius 3 is 2.17 bits per heavy atom. The summed E-state index contributed by atoms with van der Waals surface area (Å²) in [5.41, 5.74) is 7.58. The Labute approximate surface area is 138 Å². The average molecular weight is 340 g/mol. The molecule has 0 fully saturated rings. The summed E-state index contributed by atoms with van der Waals surface area (Å²) in [6.07, 6.45) is -4.71. The molecule has 0 heterocycles. The number of ether oxygens (including phenoxy) is 2. The number of hydrogen-bond donors (Lipinski definition) is 1. The van der Waals surface area contributed by atoms with E-state index >= 15 is 0 Å². The summed E-state index contributed by atoms with van der Waals surface area (Å²) in [4.78, 5) is 1.99. The van der Waals surface area contributed by atoms with Crippen LogP contribution >= 0.6 is 0 Å². The van der Waals surface area contributed by atoms with Gasteiger partial charge >= 0.3 is 6.36 Å². The van der Waals surface area contributed by atoms with Gasteiger partial charge in [-0.15, -0.1) is 13.2 Å². The average Bonchev–Trinajstić information content (AvgIpc) is 2.49. The van der Waals surface area contributed by atoms with E-state index in [1.54, 1.807) is 6.07 Å². The second kappa shape index (κ2) is 7.55. The van der Waals surface area contributed by atoms with Crippen molar-refractivity contribution in [3.63, 3.8) is 0 Å². The van der Waals surface area contributed by atoms with Crippen LogP contribution in [0.3, 0.4) is 0 Å². The highest BCUT2D eigenvalue weighted by atomic mass is 19.4. The number of halogens is 3. The molecule has 0 aliphatic carbocycles. The first-order chi connectivity index (χ1) is 11.3. The first-order valence-corrected chi connectivity index (χ1v) is 7.27. The van der Waals surface area contributed by atoms with Crippen LogP contribution in [0.15, 0.2) is 42.5 Å². The third-order valence-electron chi connectivity index (χ3n) is 3.13. The van der Waals surface area contributed by atoms with Gasteiger partial charge in [0.2, 0.25) is 0 Å². The van der Waals surface area contributed by atoms with Crippen LogP contribution < -0.4 is 15.2 Å². The molecule has 0 aromatic heterocycles. The fourth-order valence-corrected chi connectivity index (χ4v) is 2.16. The van der Waals surface area contributed by atoms with E-state index in [4.69, 9.17) is 10.5 Å². The van der Waals surface area contributed by atoms with E-state index in [9.17, 15) is 13.2 Å². The molecular formula is C17H19F3N2O2. The molecule has 0 atom stereocenters. The minimum Gasteiger partial charge on any atom is -0.457 e. The topological polar surface area (TPSA) is 47.7 Å². The van der Waals surface area contributed by atoms with E-state index in [-0.39, 0.29) is 5.75 Å². The van der Waals surface area contributed by atoms with Crippen molar-refractivity contribution >= 4 is 0 Å². The van der Waals surface area contributed by atoms with Gasteiger partial charge in [-0.2, -0.15) is 0 Å². The molecule has 0 unspecified atom stereocenters. The molecule has 0 aliphatic rings. The highest BCUT2D eigenvalue weighted by Crippen LogP contribution is 2.30. The van der Waals surface area contributed by atoms with Gasteiger partial charge in [-0.3, -0.25) is 0 Å². The van der Waals surface area contributed by atoms with Gasteiger partial charge in [0.15, 0.2) is 0 Å². The van der Waals surface area contributed by atoms with E-state index in [0.717, 1.165) is 11.1 Å². The van der Waals surface area contributed by atoms with Crippen LogP contribution in [0.5, 0.6) is 17.2 Å². The van der Waals surface area contributed by atoms with Gasteiger partial charge in [0.25, 0.3) is 0 Å². The van der Waals surface area contributed by atoms with Crippen molar-refractivity contribution in [2.24, 2.45) is 5.73 Å². The molecule has 2 rings (SSSR count). The first kappa shape index (κ1) is 18.1. The van der Waals surface area contributed by atoms with Crippen molar-refractivity contribution in [1.29, 1.82) is 0 Å². The van der Waals surface area contributed by atoms with Crippen LogP contribution in [0.4, 0.5) is 13.2 Å². The van der Waals surface area contributed by atoms with Gasteiger partial charge in [0.05, 0.1) is 0 Å². The molecule has 24 heavy (non-hydrogen) atoms. The molecule has 2 aromatic rings. The molecule has 7 heteroatoms. The summed E-state index contributed by atoms with van der Waals surface area (Å²) in [6.45, 7) is 1.07. The molecule has 4 nitrogen and oxygen atoms in total. The fraction of sp³-hybridized carbons (Fsp3) is 0.294. The number of nitrogens with zero attached hydrogens (tertiary/aromatic N) is 1. The van der Waals surface area contributed by atoms with Crippen molar-refractivity contribution in [3.05, 3.63) is 53.6 Å². The molecule has 2 aromatic carbocycles. The van der Waals surface area contributed by atoms with Gasteiger partial charge in [0.1, 0.15) is 17.2 Å². The molecule has 130 valence electrons. The van der Waals surface area contributed by atoms with Crippen LogP contribution in [0.25, 0.3) is 0 Å². The lowest BCUT2D eigenvalue weighted by Crippen LogP contribution is -2.16. The SMILES string of the molecule is CN(C)Cc1cc(CN)ccc1Oc1ccc(OC(F)(F)F)cc1. The Morgan fingerprint density at radius 2 is 1.62 bits per heavy atom. The fourth-order valence-electron chi connectivity index (χ4n) is 2.16. The monoisotopic (exact) mass is 340 g/mol. The molecule has 0 saturated carbocycles. The van der Waals surface area contributed by atoms with E-state index < -0.39 is 6.36 Å². The van der Waals surface area contributed by atoms with Gasteiger partial charge in [0, 0.05) is 18.7 Å². The van der Waals surface area contributed by atoms with Crippen molar-refractivity contribution in [2.45, 2.75) is 19.5 Å². The Kier molecular flexibility index (Phi) is 5.69. The quantitative estimate of drug-likeness (QED) is 0.866. The zero-order valence-electron chi connectivity index (χ0n) is 13.4. The summed E-state index contributed by atoms with van der Waals surface area (Å²) in [7, 11) is 3.87. The van der Waals surface area contributed by atoms with Crippen LogP contribution in [0.2, 0.25) is 0 Å². The maximum absolute atomic E-state index is 12.2. The Bertz CT molecular complexity index is 671. The lowest BCUT2D eigenvalue weighted by Gasteiger charge is -2.16. The second-order valence-corrected chi connectivity index (χ2v) is 5.51. The molecule has 0 bridgehead atoms. The lowest BCUT2D eigenvalue weighted by molar-refractivity contribution is -0.274. The van der Waals surface area contributed by atoms with E-state index in [0.29, 0.717) is 24.6 Å². The van der Waals surface area contributed by atoms with Gasteiger partial charge < -0.3 is 20.1 Å². The van der Waals surface area contributed by atoms with Crippen LogP contribution in [0.1, 0.15) is 11.1 Å². The van der Waals surface area contributed by atoms with Gasteiger partial charge in [-0.25, -0.2) is 0 Å². The van der Waals surface area contributed by atoms with Crippen LogP contribution in [-0.4, -0.2) is 25.4 Å². The third kappa shape index (κ3) is 5.43. The number of benzene rings is 2. The first-order valence-electron chi connectivity index (χ1n) is 7.27. The largest absolute Gasteiger partial charge is 0.573 e. The second-order valence-electron chi connectivity index (χ2n) is 5.51. The summed E-state index contributed by atoms with van der Waals surface area (Å²) in [5.74, 6) is 0.761. The summed E-state index contributed by atoms with van der Waals surface area (Å²) >= 11 is 0. The Hall–Kier alpha value is -2.25. The van der Waals surface area contributed by atoms with E-state index in [1.165, 1.54) is 24.3 Å². The molecule has 0 aliphatic heterocycles.